The van der Waals surface area contributed by atoms with E-state index in [2.05, 4.69) is 71.4 Å². The number of hydrogen-bond donors (Lipinski definition) is 4. The number of carbonyl (C=O) groups excluding carboxylic acids is 2. The van der Waals surface area contributed by atoms with Crippen molar-refractivity contribution >= 4 is 12.0 Å². The number of ether oxygens (including phenoxy) is 1. The van der Waals surface area contributed by atoms with Crippen molar-refractivity contribution in [3.63, 3.8) is 0 Å². The Bertz CT molecular complexity index is 1230. The summed E-state index contributed by atoms with van der Waals surface area (Å²) in [6.07, 6.45) is 12.5. The van der Waals surface area contributed by atoms with Gasteiger partial charge in [-0.25, -0.2) is 4.79 Å². The normalized spacial score (nSPS) is 16.6. The number of unbranched alkanes of at least 4 members (excludes halogenated alkanes) is 1. The molecule has 3 rings (SSSR count). The van der Waals surface area contributed by atoms with E-state index in [1.54, 1.807) is 0 Å². The number of rotatable bonds is 16. The molecule has 3 unspecified atom stereocenters. The van der Waals surface area contributed by atoms with E-state index in [0.717, 1.165) is 43.4 Å². The summed E-state index contributed by atoms with van der Waals surface area (Å²) in [6, 6.07) is 16.8. The highest BCUT2D eigenvalue weighted by atomic mass is 16.6. The van der Waals surface area contributed by atoms with Gasteiger partial charge in [-0.15, -0.1) is 0 Å². The molecule has 7 heteroatoms. The number of allylic oxidation sites excluding steroid dienone is 4. The number of aryl methyl sites for hydroxylation is 1. The fourth-order valence-corrected chi connectivity index (χ4v) is 5.62. The zero-order chi connectivity index (χ0) is 32.0. The third-order valence-corrected chi connectivity index (χ3v) is 8.10. The molecule has 1 aliphatic rings. The summed E-state index contributed by atoms with van der Waals surface area (Å²) < 4.78 is 5.56. The van der Waals surface area contributed by atoms with Crippen LogP contribution in [0.2, 0.25) is 0 Å². The van der Waals surface area contributed by atoms with Crippen LogP contribution in [0.4, 0.5) is 4.79 Å². The molecule has 44 heavy (non-hydrogen) atoms. The van der Waals surface area contributed by atoms with E-state index in [0.29, 0.717) is 37.9 Å². The number of nitrogens with two attached hydrogens (primary N) is 1. The van der Waals surface area contributed by atoms with Gasteiger partial charge in [0, 0.05) is 44.1 Å². The second-order valence-electron chi connectivity index (χ2n) is 13.1. The molecule has 0 aromatic heterocycles. The lowest BCUT2D eigenvalue weighted by molar-refractivity contribution is -0.124. The van der Waals surface area contributed by atoms with Gasteiger partial charge in [0.15, 0.2) is 0 Å². The minimum Gasteiger partial charge on any atom is -0.444 e. The first-order valence-electron chi connectivity index (χ1n) is 16.2. The second kappa shape index (κ2) is 17.8. The van der Waals surface area contributed by atoms with Crippen LogP contribution >= 0.6 is 0 Å². The van der Waals surface area contributed by atoms with E-state index in [4.69, 9.17) is 10.5 Å². The Morgan fingerprint density at radius 1 is 1.00 bits per heavy atom. The standard InChI is InChI=1S/C37H54N4O3/c1-27-18-20-30(21-19-27)34(29-13-7-6-8-14-29)26-39-25-33(41-36(43)44-37(3,4)5)17-11-12-22-40-35(42)28(2)23-31-15-9-10-16-32(31)24-38/h6-10,13,15-16,18-21,28-29,33-34,39H,11-12,14,17,22-26,38H2,1-5H3,(H,40,42)(H,41,43)/t28-,29?,33?,34?/m0/s1. The van der Waals surface area contributed by atoms with Crippen LogP contribution in [0.3, 0.4) is 0 Å². The van der Waals surface area contributed by atoms with Crippen LogP contribution in [0.5, 0.6) is 0 Å². The van der Waals surface area contributed by atoms with Gasteiger partial charge in [-0.05, 0) is 82.4 Å². The molecule has 0 bridgehead atoms. The summed E-state index contributed by atoms with van der Waals surface area (Å²) >= 11 is 0. The van der Waals surface area contributed by atoms with Crippen molar-refractivity contribution in [1.82, 2.24) is 16.0 Å². The van der Waals surface area contributed by atoms with Crippen molar-refractivity contribution < 1.29 is 14.3 Å². The van der Waals surface area contributed by atoms with Gasteiger partial charge in [0.2, 0.25) is 5.91 Å². The van der Waals surface area contributed by atoms with Crippen LogP contribution in [0, 0.1) is 18.8 Å². The van der Waals surface area contributed by atoms with E-state index < -0.39 is 11.7 Å². The SMILES string of the molecule is Cc1ccc(C(CNCC(CCCCNC(=O)[C@@H](C)Cc2ccccc2CN)NC(=O)OC(C)(C)C)C2C=CC=CC2)cc1. The lowest BCUT2D eigenvalue weighted by atomic mass is 9.82. The third-order valence-electron chi connectivity index (χ3n) is 8.10. The highest BCUT2D eigenvalue weighted by Crippen LogP contribution is 2.30. The molecule has 240 valence electrons. The van der Waals surface area contributed by atoms with E-state index in [1.165, 1.54) is 11.1 Å². The molecule has 2 aromatic rings. The molecule has 7 nitrogen and oxygen atoms in total. The number of carbonyl (C=O) groups is 2. The second-order valence-corrected chi connectivity index (χ2v) is 13.1. The number of hydrogen-bond acceptors (Lipinski definition) is 5. The van der Waals surface area contributed by atoms with Gasteiger partial charge in [0.1, 0.15) is 5.60 Å². The highest BCUT2D eigenvalue weighted by Gasteiger charge is 2.23. The molecule has 0 spiro atoms. The van der Waals surface area contributed by atoms with Gasteiger partial charge in [-0.1, -0.05) is 85.3 Å². The maximum absolute atomic E-state index is 12.8. The third kappa shape index (κ3) is 12.3. The van der Waals surface area contributed by atoms with Crippen molar-refractivity contribution in [2.24, 2.45) is 17.6 Å². The van der Waals surface area contributed by atoms with Gasteiger partial charge in [0.05, 0.1) is 0 Å². The zero-order valence-corrected chi connectivity index (χ0v) is 27.4. The van der Waals surface area contributed by atoms with Crippen LogP contribution < -0.4 is 21.7 Å². The molecule has 0 fully saturated rings. The van der Waals surface area contributed by atoms with Crippen molar-refractivity contribution in [2.75, 3.05) is 19.6 Å². The van der Waals surface area contributed by atoms with Crippen LogP contribution in [0.1, 0.15) is 81.5 Å². The molecule has 1 aliphatic carbocycles. The highest BCUT2D eigenvalue weighted by molar-refractivity contribution is 5.78. The monoisotopic (exact) mass is 602 g/mol. The van der Waals surface area contributed by atoms with Crippen LogP contribution in [0.25, 0.3) is 0 Å². The Hall–Kier alpha value is -3.42. The minimum atomic E-state index is -0.564. The van der Waals surface area contributed by atoms with Gasteiger partial charge in [0.25, 0.3) is 0 Å². The first kappa shape index (κ1) is 35.1. The van der Waals surface area contributed by atoms with E-state index in [1.807, 2.05) is 52.0 Å². The fourth-order valence-electron chi connectivity index (χ4n) is 5.62. The van der Waals surface area contributed by atoms with Gasteiger partial charge in [-0.2, -0.15) is 0 Å². The van der Waals surface area contributed by atoms with Crippen molar-refractivity contribution in [3.05, 3.63) is 95.1 Å². The fraction of sp³-hybridized carbons (Fsp3) is 0.514. The van der Waals surface area contributed by atoms with Crippen molar-refractivity contribution in [3.8, 4) is 0 Å². The maximum Gasteiger partial charge on any atom is 0.407 e. The van der Waals surface area contributed by atoms with Crippen LogP contribution in [-0.4, -0.2) is 43.3 Å². The van der Waals surface area contributed by atoms with Crippen molar-refractivity contribution in [2.45, 2.75) is 90.8 Å². The molecular weight excluding hydrogens is 548 g/mol. The predicted molar refractivity (Wildman–Crippen MR) is 180 cm³/mol. The molecule has 2 aromatic carbocycles. The summed E-state index contributed by atoms with van der Waals surface area (Å²) in [5, 5.41) is 9.84. The average Bonchev–Trinajstić information content (AvgIpc) is 2.99. The Morgan fingerprint density at radius 3 is 2.39 bits per heavy atom. The molecular formula is C37H54N4O3. The number of benzene rings is 2. The number of nitrogens with one attached hydrogen (secondary N) is 3. The molecule has 0 saturated heterocycles. The number of alkyl carbamates (subject to hydrolysis) is 1. The largest absolute Gasteiger partial charge is 0.444 e. The molecule has 0 heterocycles. The van der Waals surface area contributed by atoms with Gasteiger partial charge < -0.3 is 26.4 Å². The molecule has 2 amide bonds. The van der Waals surface area contributed by atoms with Crippen molar-refractivity contribution in [1.29, 1.82) is 0 Å². The minimum absolute atomic E-state index is 0.0516. The zero-order valence-electron chi connectivity index (χ0n) is 27.4. The lowest BCUT2D eigenvalue weighted by Gasteiger charge is -2.28. The van der Waals surface area contributed by atoms with E-state index >= 15 is 0 Å². The molecule has 0 saturated carbocycles. The van der Waals surface area contributed by atoms with E-state index in [9.17, 15) is 9.59 Å². The van der Waals surface area contributed by atoms with Crippen LogP contribution in [-0.2, 0) is 22.5 Å². The molecule has 4 atom stereocenters. The first-order chi connectivity index (χ1) is 21.1. The summed E-state index contributed by atoms with van der Waals surface area (Å²) in [5.74, 6) is 0.662. The summed E-state index contributed by atoms with van der Waals surface area (Å²) in [6.45, 7) is 12.2. The van der Waals surface area contributed by atoms with E-state index in [-0.39, 0.29) is 17.9 Å². The van der Waals surface area contributed by atoms with Gasteiger partial charge in [-0.3, -0.25) is 4.79 Å². The Kier molecular flexibility index (Phi) is 14.2. The Morgan fingerprint density at radius 2 is 1.73 bits per heavy atom. The van der Waals surface area contributed by atoms with Gasteiger partial charge >= 0.3 is 6.09 Å². The lowest BCUT2D eigenvalue weighted by Crippen LogP contribution is -2.45. The molecule has 5 N–H and O–H groups in total. The average molecular weight is 603 g/mol. The summed E-state index contributed by atoms with van der Waals surface area (Å²) in [4.78, 5) is 25.4. The summed E-state index contributed by atoms with van der Waals surface area (Å²) in [5.41, 5.74) is 10.1. The quantitative estimate of drug-likeness (QED) is 0.168. The molecule has 0 aliphatic heterocycles. The first-order valence-corrected chi connectivity index (χ1v) is 16.2. The summed E-state index contributed by atoms with van der Waals surface area (Å²) in [7, 11) is 0. The smallest absolute Gasteiger partial charge is 0.407 e. The number of amides is 2. The Labute approximate surface area is 265 Å². The molecule has 0 radical (unpaired) electrons. The predicted octanol–water partition coefficient (Wildman–Crippen LogP) is 6.32. The Balaban J connectivity index is 1.51. The topological polar surface area (TPSA) is 105 Å². The van der Waals surface area contributed by atoms with Crippen LogP contribution in [0.15, 0.2) is 72.8 Å². The maximum atomic E-state index is 12.8.